The van der Waals surface area contributed by atoms with Crippen LogP contribution in [0.15, 0.2) is 84.9 Å². The molecule has 4 rings (SSSR count). The van der Waals surface area contributed by atoms with Crippen molar-refractivity contribution in [3.63, 3.8) is 0 Å². The van der Waals surface area contributed by atoms with E-state index in [9.17, 15) is 14.4 Å². The van der Waals surface area contributed by atoms with Crippen molar-refractivity contribution >= 4 is 11.7 Å². The van der Waals surface area contributed by atoms with Gasteiger partial charge in [0.1, 0.15) is 11.6 Å². The molecule has 0 unspecified atom stereocenters. The van der Waals surface area contributed by atoms with Crippen molar-refractivity contribution in [1.29, 1.82) is 5.26 Å². The van der Waals surface area contributed by atoms with E-state index < -0.39 is 0 Å². The quantitative estimate of drug-likeness (QED) is 0.320. The molecule has 180 valence electrons. The van der Waals surface area contributed by atoms with Crippen molar-refractivity contribution < 1.29 is 9.18 Å². The highest BCUT2D eigenvalue weighted by Crippen LogP contribution is 2.25. The highest BCUT2D eigenvalue weighted by atomic mass is 19.1. The fraction of sp³-hybridized carbons (Fsp3) is 0.138. The van der Waals surface area contributed by atoms with Gasteiger partial charge in [0.2, 0.25) is 0 Å². The largest absolute Gasteiger partial charge is 0.369 e. The first kappa shape index (κ1) is 24.6. The smallest absolute Gasteiger partial charge is 0.255 e. The Morgan fingerprint density at radius 2 is 1.75 bits per heavy atom. The third kappa shape index (κ3) is 5.93. The van der Waals surface area contributed by atoms with Crippen LogP contribution >= 0.6 is 0 Å². The molecule has 0 saturated carbocycles. The molecule has 7 heteroatoms. The summed E-state index contributed by atoms with van der Waals surface area (Å²) in [6.45, 7) is 1.15. The predicted octanol–water partition coefficient (Wildman–Crippen LogP) is 4.80. The number of benzene rings is 3. The summed E-state index contributed by atoms with van der Waals surface area (Å²) in [7, 11) is 0. The molecule has 6 nitrogen and oxygen atoms in total. The summed E-state index contributed by atoms with van der Waals surface area (Å²) in [6, 6.07) is 26.9. The highest BCUT2D eigenvalue weighted by Gasteiger charge is 2.16. The van der Waals surface area contributed by atoms with E-state index >= 15 is 0 Å². The summed E-state index contributed by atoms with van der Waals surface area (Å²) in [6.07, 6.45) is 0.545. The maximum atomic E-state index is 13.6. The van der Waals surface area contributed by atoms with Crippen LogP contribution in [0.4, 0.5) is 10.2 Å². The van der Waals surface area contributed by atoms with E-state index in [1.165, 1.54) is 12.1 Å². The number of nitrogens with zero attached hydrogens (tertiary/aromatic N) is 2. The van der Waals surface area contributed by atoms with E-state index in [-0.39, 0.29) is 11.7 Å². The van der Waals surface area contributed by atoms with E-state index in [0.29, 0.717) is 54.3 Å². The van der Waals surface area contributed by atoms with Crippen molar-refractivity contribution in [3.05, 3.63) is 119 Å². The second-order valence-corrected chi connectivity index (χ2v) is 8.21. The van der Waals surface area contributed by atoms with Gasteiger partial charge in [-0.3, -0.25) is 4.79 Å². The minimum absolute atomic E-state index is 0.289. The molecule has 0 aliphatic carbocycles. The Bertz CT molecular complexity index is 1410. The Morgan fingerprint density at radius 1 is 0.972 bits per heavy atom. The molecule has 0 radical (unpaired) electrons. The molecule has 1 amide bonds. The number of hydrogen-bond acceptors (Lipinski definition) is 5. The second kappa shape index (κ2) is 11.7. The average Bonchev–Trinajstić information content (AvgIpc) is 2.92. The number of aromatic nitrogens is 1. The molecule has 1 aromatic heterocycles. The van der Waals surface area contributed by atoms with Gasteiger partial charge < -0.3 is 16.4 Å². The van der Waals surface area contributed by atoms with Crippen LogP contribution in [-0.4, -0.2) is 17.4 Å². The van der Waals surface area contributed by atoms with Crippen molar-refractivity contribution in [2.45, 2.75) is 19.5 Å². The van der Waals surface area contributed by atoms with Gasteiger partial charge in [-0.15, -0.1) is 0 Å². The van der Waals surface area contributed by atoms with Crippen LogP contribution in [0.3, 0.4) is 0 Å². The van der Waals surface area contributed by atoms with Crippen molar-refractivity contribution in [2.75, 3.05) is 11.9 Å². The van der Waals surface area contributed by atoms with Crippen LogP contribution in [-0.2, 0) is 19.5 Å². The third-order valence-corrected chi connectivity index (χ3v) is 5.84. The summed E-state index contributed by atoms with van der Waals surface area (Å²) in [5.74, 6) is -0.192. The first-order valence-electron chi connectivity index (χ1n) is 11.6. The molecule has 1 heterocycles. The molecule has 3 aromatic carbocycles. The van der Waals surface area contributed by atoms with E-state index in [1.54, 1.807) is 30.3 Å². The number of rotatable bonds is 9. The molecule has 0 bridgehead atoms. The molecule has 4 aromatic rings. The first-order chi connectivity index (χ1) is 17.6. The SMILES string of the molecule is N#Cc1ccccc1-c1ccc(C(=O)NCc2ccccc2CN)c(NCCc2cccc(F)c2)n1. The Balaban J connectivity index is 1.59. The van der Waals surface area contributed by atoms with Crippen molar-refractivity contribution in [3.8, 4) is 17.3 Å². The molecule has 0 fully saturated rings. The zero-order chi connectivity index (χ0) is 25.3. The lowest BCUT2D eigenvalue weighted by molar-refractivity contribution is 0.0951. The van der Waals surface area contributed by atoms with E-state index in [1.807, 2.05) is 42.5 Å². The lowest BCUT2D eigenvalue weighted by atomic mass is 10.0. The summed E-state index contributed by atoms with van der Waals surface area (Å²) in [5.41, 5.74) is 10.7. The molecule has 4 N–H and O–H groups in total. The second-order valence-electron chi connectivity index (χ2n) is 8.21. The standard InChI is InChI=1S/C29H26FN5O/c30-24-10-5-6-20(16-24)14-15-33-28-26(29(36)34-19-23-9-2-1-7-21(23)17-31)12-13-27(35-28)25-11-4-3-8-22(25)18-32/h1-13,16H,14-15,17,19,31H2,(H,33,35)(H,34,36). The van der Waals surface area contributed by atoms with Gasteiger partial charge in [-0.05, 0) is 53.4 Å². The maximum absolute atomic E-state index is 13.6. The monoisotopic (exact) mass is 479 g/mol. The number of nitrogens with two attached hydrogens (primary N) is 1. The molecular formula is C29H26FN5O. The van der Waals surface area contributed by atoms with Gasteiger partial charge in [-0.1, -0.05) is 54.6 Å². The zero-order valence-electron chi connectivity index (χ0n) is 19.7. The van der Waals surface area contributed by atoms with Gasteiger partial charge in [0.25, 0.3) is 5.91 Å². The van der Waals surface area contributed by atoms with Crippen LogP contribution in [0.1, 0.15) is 32.6 Å². The lowest BCUT2D eigenvalue weighted by Gasteiger charge is -2.15. The lowest BCUT2D eigenvalue weighted by Crippen LogP contribution is -2.25. The number of carbonyl (C=O) groups excluding carboxylic acids is 1. The number of hydrogen-bond donors (Lipinski definition) is 3. The topological polar surface area (TPSA) is 104 Å². The summed E-state index contributed by atoms with van der Waals surface area (Å²) in [4.78, 5) is 17.9. The predicted molar refractivity (Wildman–Crippen MR) is 138 cm³/mol. The van der Waals surface area contributed by atoms with Crippen LogP contribution < -0.4 is 16.4 Å². The van der Waals surface area contributed by atoms with Crippen LogP contribution in [0.5, 0.6) is 0 Å². The third-order valence-electron chi connectivity index (χ3n) is 5.84. The van der Waals surface area contributed by atoms with Crippen LogP contribution in [0, 0.1) is 17.1 Å². The van der Waals surface area contributed by atoms with Gasteiger partial charge >= 0.3 is 0 Å². The summed E-state index contributed by atoms with van der Waals surface area (Å²) >= 11 is 0. The fourth-order valence-corrected chi connectivity index (χ4v) is 3.95. The van der Waals surface area contributed by atoms with E-state index in [2.05, 4.69) is 16.7 Å². The molecule has 0 aliphatic heterocycles. The Hall–Kier alpha value is -4.54. The van der Waals surface area contributed by atoms with Crippen LogP contribution in [0.2, 0.25) is 0 Å². The van der Waals surface area contributed by atoms with Gasteiger partial charge in [0.05, 0.1) is 22.9 Å². The average molecular weight is 480 g/mol. The Morgan fingerprint density at radius 3 is 2.53 bits per heavy atom. The van der Waals surface area contributed by atoms with E-state index in [0.717, 1.165) is 16.7 Å². The van der Waals surface area contributed by atoms with Crippen molar-refractivity contribution in [1.82, 2.24) is 10.3 Å². The highest BCUT2D eigenvalue weighted by molar-refractivity contribution is 5.99. The minimum Gasteiger partial charge on any atom is -0.369 e. The fourth-order valence-electron chi connectivity index (χ4n) is 3.95. The van der Waals surface area contributed by atoms with Gasteiger partial charge in [0, 0.05) is 25.2 Å². The maximum Gasteiger partial charge on any atom is 0.255 e. The van der Waals surface area contributed by atoms with Crippen LogP contribution in [0.25, 0.3) is 11.3 Å². The van der Waals surface area contributed by atoms with E-state index in [4.69, 9.17) is 10.7 Å². The number of anilines is 1. The van der Waals surface area contributed by atoms with Gasteiger partial charge in [0.15, 0.2) is 0 Å². The molecule has 36 heavy (non-hydrogen) atoms. The molecule has 0 atom stereocenters. The van der Waals surface area contributed by atoms with Crippen molar-refractivity contribution in [2.24, 2.45) is 5.73 Å². The number of nitrogens with one attached hydrogen (secondary N) is 2. The first-order valence-corrected chi connectivity index (χ1v) is 11.6. The Kier molecular flexibility index (Phi) is 8.01. The minimum atomic E-state index is -0.293. The zero-order valence-corrected chi connectivity index (χ0v) is 19.7. The van der Waals surface area contributed by atoms with Gasteiger partial charge in [-0.25, -0.2) is 9.37 Å². The number of nitriles is 1. The number of carbonyl (C=O) groups is 1. The molecule has 0 aliphatic rings. The molecular weight excluding hydrogens is 453 g/mol. The van der Waals surface area contributed by atoms with Gasteiger partial charge in [-0.2, -0.15) is 5.26 Å². The normalized spacial score (nSPS) is 10.5. The molecule has 0 spiro atoms. The molecule has 0 saturated heterocycles. The number of amides is 1. The number of pyridine rings is 1. The number of halogens is 1. The summed E-state index contributed by atoms with van der Waals surface area (Å²) in [5, 5.41) is 15.7. The Labute approximate surface area is 209 Å². The summed E-state index contributed by atoms with van der Waals surface area (Å²) < 4.78 is 13.6.